The van der Waals surface area contributed by atoms with Gasteiger partial charge in [0.25, 0.3) is 5.09 Å². The minimum absolute atomic E-state index is 0.0209. The van der Waals surface area contributed by atoms with E-state index in [1.54, 1.807) is 0 Å². The summed E-state index contributed by atoms with van der Waals surface area (Å²) in [6.45, 7) is -0.161. The Bertz CT molecular complexity index is 590. The predicted molar refractivity (Wildman–Crippen MR) is 81.7 cm³/mol. The second-order valence-corrected chi connectivity index (χ2v) is 5.00. The molecule has 12 nitrogen and oxygen atoms in total. The van der Waals surface area contributed by atoms with Crippen LogP contribution in [0.15, 0.2) is 12.5 Å². The van der Waals surface area contributed by atoms with Gasteiger partial charge < -0.3 is 25.6 Å². The van der Waals surface area contributed by atoms with Gasteiger partial charge in [-0.05, 0) is 6.42 Å². The van der Waals surface area contributed by atoms with Gasteiger partial charge in [0, 0.05) is 37.7 Å². The van der Waals surface area contributed by atoms with Crippen molar-refractivity contribution in [3.05, 3.63) is 28.3 Å². The molecular formula is C13H19N5O7. The van der Waals surface area contributed by atoms with E-state index in [1.807, 2.05) is 0 Å². The first-order chi connectivity index (χ1) is 11.9. The van der Waals surface area contributed by atoms with Crippen molar-refractivity contribution in [2.45, 2.75) is 31.7 Å². The second kappa shape index (κ2) is 10.6. The Morgan fingerprint density at radius 1 is 1.36 bits per heavy atom. The van der Waals surface area contributed by atoms with Crippen LogP contribution in [0.25, 0.3) is 0 Å². The third-order valence-electron chi connectivity index (χ3n) is 3.03. The van der Waals surface area contributed by atoms with E-state index < -0.39 is 23.0 Å². The number of hydrogen-bond acceptors (Lipinski definition) is 7. The number of H-pyrrole nitrogens is 1. The molecule has 0 saturated carbocycles. The first-order valence-electron chi connectivity index (χ1n) is 7.42. The summed E-state index contributed by atoms with van der Waals surface area (Å²) in [5.41, 5.74) is 0.568. The van der Waals surface area contributed by atoms with Crippen LogP contribution in [0.2, 0.25) is 0 Å². The van der Waals surface area contributed by atoms with E-state index in [-0.39, 0.29) is 44.7 Å². The molecule has 0 fully saturated rings. The van der Waals surface area contributed by atoms with Crippen LogP contribution >= 0.6 is 0 Å². The number of carboxylic acid groups (broad SMARTS) is 1. The van der Waals surface area contributed by atoms with E-state index in [9.17, 15) is 24.5 Å². The van der Waals surface area contributed by atoms with Crippen LogP contribution in [0.3, 0.4) is 0 Å². The fourth-order valence-electron chi connectivity index (χ4n) is 1.86. The average Bonchev–Trinajstić information content (AvgIpc) is 3.03. The largest absolute Gasteiger partial charge is 0.480 e. The minimum Gasteiger partial charge on any atom is -0.480 e. The van der Waals surface area contributed by atoms with Crippen molar-refractivity contribution in [1.82, 2.24) is 20.6 Å². The second-order valence-electron chi connectivity index (χ2n) is 5.00. The quantitative estimate of drug-likeness (QED) is 0.209. The molecule has 0 unspecified atom stereocenters. The monoisotopic (exact) mass is 357 g/mol. The van der Waals surface area contributed by atoms with Crippen LogP contribution in [-0.4, -0.2) is 57.1 Å². The lowest BCUT2D eigenvalue weighted by atomic mass is 10.1. The highest BCUT2D eigenvalue weighted by atomic mass is 16.9. The molecule has 2 amide bonds. The molecule has 138 valence electrons. The molecule has 0 radical (unpaired) electrons. The molecule has 0 bridgehead atoms. The fourth-order valence-corrected chi connectivity index (χ4v) is 1.86. The van der Waals surface area contributed by atoms with Crippen molar-refractivity contribution in [2.24, 2.45) is 0 Å². The van der Waals surface area contributed by atoms with Crippen LogP contribution in [0.1, 0.15) is 25.0 Å². The van der Waals surface area contributed by atoms with Crippen molar-refractivity contribution in [1.29, 1.82) is 0 Å². The number of carboxylic acids is 1. The molecule has 1 heterocycles. The number of hydrogen-bond donors (Lipinski definition) is 4. The molecule has 1 aromatic heterocycles. The average molecular weight is 357 g/mol. The molecular weight excluding hydrogens is 338 g/mol. The molecule has 1 aromatic rings. The lowest BCUT2D eigenvalue weighted by Gasteiger charge is -2.13. The van der Waals surface area contributed by atoms with Crippen molar-refractivity contribution in [3.63, 3.8) is 0 Å². The molecule has 1 atom stereocenters. The van der Waals surface area contributed by atoms with Gasteiger partial charge in [0.05, 0.1) is 12.9 Å². The van der Waals surface area contributed by atoms with Crippen LogP contribution < -0.4 is 10.6 Å². The summed E-state index contributed by atoms with van der Waals surface area (Å²) in [4.78, 5) is 54.8. The molecule has 0 aliphatic heterocycles. The number of aliphatic carboxylic acids is 1. The summed E-state index contributed by atoms with van der Waals surface area (Å²) in [5, 5.41) is 22.9. The van der Waals surface area contributed by atoms with Gasteiger partial charge >= 0.3 is 5.97 Å². The highest BCUT2D eigenvalue weighted by Gasteiger charge is 2.20. The molecule has 1 rings (SSSR count). The van der Waals surface area contributed by atoms with Crippen LogP contribution in [-0.2, 0) is 25.6 Å². The Kier molecular flexibility index (Phi) is 8.40. The zero-order valence-corrected chi connectivity index (χ0v) is 13.3. The first-order valence-corrected chi connectivity index (χ1v) is 7.42. The molecule has 0 spiro atoms. The van der Waals surface area contributed by atoms with Crippen molar-refractivity contribution < 1.29 is 29.4 Å². The number of carbonyl (C=O) groups is 3. The van der Waals surface area contributed by atoms with Crippen LogP contribution in [0.4, 0.5) is 0 Å². The van der Waals surface area contributed by atoms with E-state index in [0.29, 0.717) is 5.69 Å². The predicted octanol–water partition coefficient (Wildman–Crippen LogP) is -0.984. The summed E-state index contributed by atoms with van der Waals surface area (Å²) in [7, 11) is 0. The summed E-state index contributed by atoms with van der Waals surface area (Å²) in [5.74, 6) is -2.09. The Labute approximate surface area is 142 Å². The van der Waals surface area contributed by atoms with E-state index in [2.05, 4.69) is 25.4 Å². The molecule has 12 heteroatoms. The number of nitrogens with one attached hydrogen (secondary N) is 3. The van der Waals surface area contributed by atoms with Gasteiger partial charge in [0.15, 0.2) is 0 Å². The number of amides is 2. The van der Waals surface area contributed by atoms with Gasteiger partial charge in [-0.2, -0.15) is 0 Å². The maximum absolute atomic E-state index is 11.8. The zero-order valence-electron chi connectivity index (χ0n) is 13.3. The van der Waals surface area contributed by atoms with Crippen molar-refractivity contribution in [3.8, 4) is 0 Å². The summed E-state index contributed by atoms with van der Waals surface area (Å²) >= 11 is 0. The maximum Gasteiger partial charge on any atom is 0.326 e. The lowest BCUT2D eigenvalue weighted by Crippen LogP contribution is -2.43. The van der Waals surface area contributed by atoms with Gasteiger partial charge in [-0.15, -0.1) is 10.1 Å². The van der Waals surface area contributed by atoms with Crippen molar-refractivity contribution >= 4 is 17.8 Å². The van der Waals surface area contributed by atoms with Gasteiger partial charge in [0.2, 0.25) is 11.8 Å². The maximum atomic E-state index is 11.8. The third kappa shape index (κ3) is 8.88. The van der Waals surface area contributed by atoms with Gasteiger partial charge in [-0.3, -0.25) is 9.59 Å². The summed E-state index contributed by atoms with van der Waals surface area (Å²) < 4.78 is 0. The minimum atomic E-state index is -1.18. The zero-order chi connectivity index (χ0) is 18.7. The number of imidazole rings is 1. The topological polar surface area (TPSA) is 177 Å². The van der Waals surface area contributed by atoms with Crippen LogP contribution in [0, 0.1) is 10.1 Å². The first kappa shape index (κ1) is 19.9. The van der Waals surface area contributed by atoms with E-state index in [1.165, 1.54) is 12.5 Å². The number of aromatic amines is 1. The molecule has 25 heavy (non-hydrogen) atoms. The van der Waals surface area contributed by atoms with Gasteiger partial charge in [0.1, 0.15) is 6.04 Å². The standard InChI is InChI=1S/C13H19N5O7/c19-11(2-1-5-25-18(23)24)15-4-3-12(20)17-10(13(21)22)6-9-7-14-8-16-9/h7-8,10H,1-6H2,(H,14,16)(H,15,19)(H,17,20)(H,21,22)/t10-/m0/s1. The smallest absolute Gasteiger partial charge is 0.326 e. The van der Waals surface area contributed by atoms with Gasteiger partial charge in [-0.25, -0.2) is 9.78 Å². The number of rotatable bonds is 12. The van der Waals surface area contributed by atoms with E-state index in [4.69, 9.17) is 5.11 Å². The number of aromatic nitrogens is 2. The molecule has 0 aliphatic rings. The Balaban J connectivity index is 2.22. The Hall–Kier alpha value is -3.18. The number of nitrogens with zero attached hydrogens (tertiary/aromatic N) is 2. The van der Waals surface area contributed by atoms with E-state index in [0.717, 1.165) is 0 Å². The van der Waals surface area contributed by atoms with Crippen LogP contribution in [0.5, 0.6) is 0 Å². The molecule has 0 aliphatic carbocycles. The van der Waals surface area contributed by atoms with Crippen molar-refractivity contribution in [2.75, 3.05) is 13.2 Å². The summed E-state index contributed by atoms with van der Waals surface area (Å²) in [6.07, 6.45) is 3.03. The highest BCUT2D eigenvalue weighted by Crippen LogP contribution is 1.99. The van der Waals surface area contributed by atoms with Gasteiger partial charge in [-0.1, -0.05) is 0 Å². The molecule has 0 saturated heterocycles. The highest BCUT2D eigenvalue weighted by molar-refractivity contribution is 5.84. The SMILES string of the molecule is O=C(CCCO[N+](=O)[O-])NCCC(=O)N[C@@H](Cc1cnc[nH]1)C(=O)O. The lowest BCUT2D eigenvalue weighted by molar-refractivity contribution is -0.757. The fraction of sp³-hybridized carbons (Fsp3) is 0.538. The molecule has 4 N–H and O–H groups in total. The normalized spacial score (nSPS) is 11.4. The number of carbonyl (C=O) groups excluding carboxylic acids is 2. The van der Waals surface area contributed by atoms with E-state index >= 15 is 0 Å². The Morgan fingerprint density at radius 2 is 2.12 bits per heavy atom. The third-order valence-corrected chi connectivity index (χ3v) is 3.03. The molecule has 0 aromatic carbocycles. The summed E-state index contributed by atoms with van der Waals surface area (Å²) in [6, 6.07) is -1.11. The Morgan fingerprint density at radius 3 is 2.72 bits per heavy atom.